The minimum atomic E-state index is -0.264. The van der Waals surface area contributed by atoms with Gasteiger partial charge in [-0.15, -0.1) is 0 Å². The fourth-order valence-electron chi connectivity index (χ4n) is 3.91. The maximum atomic E-state index is 12.2. The van der Waals surface area contributed by atoms with Gasteiger partial charge >= 0.3 is 5.97 Å². The third-order valence-corrected chi connectivity index (χ3v) is 5.38. The van der Waals surface area contributed by atoms with Gasteiger partial charge in [0.25, 0.3) is 0 Å². The van der Waals surface area contributed by atoms with E-state index >= 15 is 0 Å². The lowest BCUT2D eigenvalue weighted by molar-refractivity contribution is -0.142. The standard InChI is InChI=1S/C22H24N2O5/c1-26-19-10-14-8-9-24(13-21-23-16-6-4-5-7-18(16)29-21)17(12-22(25)28-3)15(14)11-20(19)27-2/h4-7,10-11,17H,8-9,12-13H2,1-3H3/t17-/m0/s1. The Balaban J connectivity index is 1.69. The Morgan fingerprint density at radius 1 is 1.17 bits per heavy atom. The molecule has 2 aromatic carbocycles. The number of esters is 1. The Labute approximate surface area is 169 Å². The van der Waals surface area contributed by atoms with E-state index in [4.69, 9.17) is 18.6 Å². The second kappa shape index (κ2) is 8.13. The van der Waals surface area contributed by atoms with E-state index in [-0.39, 0.29) is 18.4 Å². The summed E-state index contributed by atoms with van der Waals surface area (Å²) in [6.07, 6.45) is 1.06. The van der Waals surface area contributed by atoms with Crippen molar-refractivity contribution in [2.24, 2.45) is 0 Å². The van der Waals surface area contributed by atoms with Gasteiger partial charge in [-0.2, -0.15) is 0 Å². The minimum Gasteiger partial charge on any atom is -0.493 e. The number of carbonyl (C=O) groups is 1. The highest BCUT2D eigenvalue weighted by Gasteiger charge is 2.32. The molecule has 0 aliphatic carbocycles. The van der Waals surface area contributed by atoms with Gasteiger partial charge in [-0.3, -0.25) is 9.69 Å². The number of oxazole rings is 1. The predicted octanol–water partition coefficient (Wildman–Crippen LogP) is 3.51. The lowest BCUT2D eigenvalue weighted by Crippen LogP contribution is -2.36. The summed E-state index contributed by atoms with van der Waals surface area (Å²) in [5.41, 5.74) is 3.77. The average molecular weight is 396 g/mol. The highest BCUT2D eigenvalue weighted by Crippen LogP contribution is 2.40. The third kappa shape index (κ3) is 3.78. The number of hydrogen-bond acceptors (Lipinski definition) is 7. The molecular formula is C22H24N2O5. The zero-order valence-corrected chi connectivity index (χ0v) is 16.8. The normalized spacial score (nSPS) is 16.4. The van der Waals surface area contributed by atoms with Crippen molar-refractivity contribution in [3.05, 3.63) is 53.4 Å². The molecular weight excluding hydrogens is 372 g/mol. The minimum absolute atomic E-state index is 0.166. The number of benzene rings is 2. The van der Waals surface area contributed by atoms with E-state index in [0.29, 0.717) is 23.9 Å². The number of nitrogens with zero attached hydrogens (tertiary/aromatic N) is 2. The monoisotopic (exact) mass is 396 g/mol. The molecule has 1 atom stereocenters. The van der Waals surface area contributed by atoms with Gasteiger partial charge in [0.2, 0.25) is 5.89 Å². The van der Waals surface area contributed by atoms with Crippen molar-refractivity contribution in [3.8, 4) is 11.5 Å². The molecule has 3 aromatic rings. The van der Waals surface area contributed by atoms with E-state index < -0.39 is 0 Å². The van der Waals surface area contributed by atoms with Crippen LogP contribution >= 0.6 is 0 Å². The largest absolute Gasteiger partial charge is 0.493 e. The van der Waals surface area contributed by atoms with E-state index in [2.05, 4.69) is 9.88 Å². The lowest BCUT2D eigenvalue weighted by Gasteiger charge is -2.36. The van der Waals surface area contributed by atoms with Crippen molar-refractivity contribution in [1.29, 1.82) is 0 Å². The first-order valence-corrected chi connectivity index (χ1v) is 9.53. The smallest absolute Gasteiger partial charge is 0.307 e. The van der Waals surface area contributed by atoms with Crippen LogP contribution < -0.4 is 9.47 Å². The summed E-state index contributed by atoms with van der Waals surface area (Å²) in [7, 11) is 4.64. The van der Waals surface area contributed by atoms with E-state index in [9.17, 15) is 4.79 Å². The zero-order valence-electron chi connectivity index (χ0n) is 16.8. The fraction of sp³-hybridized carbons (Fsp3) is 0.364. The third-order valence-electron chi connectivity index (χ3n) is 5.38. The molecule has 0 amide bonds. The molecule has 29 heavy (non-hydrogen) atoms. The summed E-state index contributed by atoms with van der Waals surface area (Å²) < 4.78 is 21.8. The highest BCUT2D eigenvalue weighted by molar-refractivity contribution is 5.72. The van der Waals surface area contributed by atoms with Crippen molar-refractivity contribution < 1.29 is 23.4 Å². The van der Waals surface area contributed by atoms with Gasteiger partial charge in [0.15, 0.2) is 17.1 Å². The molecule has 1 aliphatic rings. The molecule has 0 fully saturated rings. The van der Waals surface area contributed by atoms with Crippen molar-refractivity contribution >= 4 is 17.1 Å². The number of para-hydroxylation sites is 2. The topological polar surface area (TPSA) is 74.0 Å². The molecule has 7 nitrogen and oxygen atoms in total. The first kappa shape index (κ1) is 19.3. The Morgan fingerprint density at radius 2 is 1.93 bits per heavy atom. The van der Waals surface area contributed by atoms with Crippen LogP contribution in [0.3, 0.4) is 0 Å². The molecule has 152 valence electrons. The summed E-state index contributed by atoms with van der Waals surface area (Å²) in [4.78, 5) is 19.0. The first-order valence-electron chi connectivity index (χ1n) is 9.53. The van der Waals surface area contributed by atoms with Crippen molar-refractivity contribution in [2.75, 3.05) is 27.9 Å². The number of ether oxygens (including phenoxy) is 3. The Morgan fingerprint density at radius 3 is 2.66 bits per heavy atom. The Kier molecular flexibility index (Phi) is 5.40. The van der Waals surface area contributed by atoms with Gasteiger partial charge in [-0.05, 0) is 41.8 Å². The Hall–Kier alpha value is -3.06. The van der Waals surface area contributed by atoms with Crippen LogP contribution in [-0.4, -0.2) is 43.7 Å². The van der Waals surface area contributed by atoms with Crippen LogP contribution in [0.5, 0.6) is 11.5 Å². The van der Waals surface area contributed by atoms with Crippen LogP contribution in [-0.2, 0) is 22.5 Å². The van der Waals surface area contributed by atoms with Gasteiger partial charge in [0, 0.05) is 12.6 Å². The zero-order chi connectivity index (χ0) is 20.4. The molecule has 0 bridgehead atoms. The summed E-state index contributed by atoms with van der Waals surface area (Å²) in [5, 5.41) is 0. The van der Waals surface area contributed by atoms with Gasteiger partial charge in [0.05, 0.1) is 34.3 Å². The summed E-state index contributed by atoms with van der Waals surface area (Å²) in [5.74, 6) is 1.70. The number of carbonyl (C=O) groups excluding carboxylic acids is 1. The molecule has 0 radical (unpaired) electrons. The number of aromatic nitrogens is 1. The fourth-order valence-corrected chi connectivity index (χ4v) is 3.91. The molecule has 0 unspecified atom stereocenters. The van der Waals surface area contributed by atoms with E-state index in [1.807, 2.05) is 36.4 Å². The molecule has 1 aliphatic heterocycles. The molecule has 0 N–H and O–H groups in total. The quantitative estimate of drug-likeness (QED) is 0.590. The predicted molar refractivity (Wildman–Crippen MR) is 107 cm³/mol. The van der Waals surface area contributed by atoms with Crippen LogP contribution in [0, 0.1) is 0 Å². The van der Waals surface area contributed by atoms with Crippen LogP contribution in [0.25, 0.3) is 11.1 Å². The molecule has 0 saturated heterocycles. The van der Waals surface area contributed by atoms with Gasteiger partial charge in [-0.1, -0.05) is 12.1 Å². The van der Waals surface area contributed by atoms with Crippen LogP contribution in [0.1, 0.15) is 29.5 Å². The van der Waals surface area contributed by atoms with Gasteiger partial charge in [-0.25, -0.2) is 4.98 Å². The van der Waals surface area contributed by atoms with E-state index in [1.54, 1.807) is 14.2 Å². The molecule has 1 aromatic heterocycles. The molecule has 2 heterocycles. The average Bonchev–Trinajstić information content (AvgIpc) is 3.16. The summed E-state index contributed by atoms with van der Waals surface area (Å²) in [6, 6.07) is 11.5. The van der Waals surface area contributed by atoms with Crippen molar-refractivity contribution in [3.63, 3.8) is 0 Å². The van der Waals surface area contributed by atoms with Crippen LogP contribution in [0.4, 0.5) is 0 Å². The molecule has 0 saturated carbocycles. The Bertz CT molecular complexity index is 996. The van der Waals surface area contributed by atoms with Crippen LogP contribution in [0.15, 0.2) is 40.8 Å². The number of fused-ring (bicyclic) bond motifs is 2. The molecule has 7 heteroatoms. The summed E-state index contributed by atoms with van der Waals surface area (Å²) >= 11 is 0. The summed E-state index contributed by atoms with van der Waals surface area (Å²) in [6.45, 7) is 1.27. The number of methoxy groups -OCH3 is 3. The van der Waals surface area contributed by atoms with Crippen molar-refractivity contribution in [2.45, 2.75) is 25.4 Å². The lowest BCUT2D eigenvalue weighted by atomic mass is 9.90. The SMILES string of the molecule is COC(=O)C[C@H]1c2cc(OC)c(OC)cc2CCN1Cc1nc2ccccc2o1. The van der Waals surface area contributed by atoms with Gasteiger partial charge < -0.3 is 18.6 Å². The van der Waals surface area contributed by atoms with Gasteiger partial charge in [0.1, 0.15) is 5.52 Å². The first-order chi connectivity index (χ1) is 14.1. The van der Waals surface area contributed by atoms with E-state index in [1.165, 1.54) is 7.11 Å². The second-order valence-electron chi connectivity index (χ2n) is 7.00. The number of rotatable bonds is 6. The number of hydrogen-bond donors (Lipinski definition) is 0. The second-order valence-corrected chi connectivity index (χ2v) is 7.00. The van der Waals surface area contributed by atoms with E-state index in [0.717, 1.165) is 35.2 Å². The highest BCUT2D eigenvalue weighted by atomic mass is 16.5. The molecule has 0 spiro atoms. The van der Waals surface area contributed by atoms with Crippen molar-refractivity contribution in [1.82, 2.24) is 9.88 Å². The molecule has 4 rings (SSSR count). The van der Waals surface area contributed by atoms with Crippen LogP contribution in [0.2, 0.25) is 0 Å². The maximum Gasteiger partial charge on any atom is 0.307 e. The maximum absolute atomic E-state index is 12.2.